The SMILES string of the molecule is O=[N+]([O-])c1cccc(-c2nnc(C(S)c3cccnc3)o2)c1. The molecule has 7 nitrogen and oxygen atoms in total. The van der Waals surface area contributed by atoms with E-state index in [4.69, 9.17) is 4.42 Å². The fourth-order valence-corrected chi connectivity index (χ4v) is 2.15. The molecule has 0 saturated carbocycles. The maximum absolute atomic E-state index is 10.8. The first-order valence-electron chi connectivity index (χ1n) is 6.31. The number of nitrogens with zero attached hydrogens (tertiary/aromatic N) is 4. The zero-order chi connectivity index (χ0) is 15.5. The van der Waals surface area contributed by atoms with Crippen LogP contribution in [0.25, 0.3) is 11.5 Å². The van der Waals surface area contributed by atoms with Crippen molar-refractivity contribution < 1.29 is 9.34 Å². The molecule has 2 aromatic heterocycles. The number of benzene rings is 1. The Labute approximate surface area is 130 Å². The third-order valence-electron chi connectivity index (χ3n) is 2.98. The van der Waals surface area contributed by atoms with Gasteiger partial charge in [-0.05, 0) is 17.7 Å². The van der Waals surface area contributed by atoms with Crippen molar-refractivity contribution in [1.29, 1.82) is 0 Å². The molecule has 8 heteroatoms. The second-order valence-corrected chi connectivity index (χ2v) is 4.96. The van der Waals surface area contributed by atoms with Crippen LogP contribution in [-0.2, 0) is 0 Å². The van der Waals surface area contributed by atoms with E-state index >= 15 is 0 Å². The Morgan fingerprint density at radius 3 is 2.82 bits per heavy atom. The molecule has 2 heterocycles. The Morgan fingerprint density at radius 1 is 1.23 bits per heavy atom. The average Bonchev–Trinajstić information content (AvgIpc) is 3.05. The van der Waals surface area contributed by atoms with Gasteiger partial charge in [0, 0.05) is 30.1 Å². The molecule has 1 unspecified atom stereocenters. The molecule has 0 aliphatic heterocycles. The van der Waals surface area contributed by atoms with Gasteiger partial charge in [-0.3, -0.25) is 15.1 Å². The highest BCUT2D eigenvalue weighted by molar-refractivity contribution is 7.80. The van der Waals surface area contributed by atoms with Crippen molar-refractivity contribution in [2.24, 2.45) is 0 Å². The van der Waals surface area contributed by atoms with Crippen LogP contribution in [0.3, 0.4) is 0 Å². The first-order valence-corrected chi connectivity index (χ1v) is 6.83. The third-order valence-corrected chi connectivity index (χ3v) is 3.50. The average molecular weight is 314 g/mol. The molecule has 0 aliphatic rings. The normalized spacial score (nSPS) is 12.0. The number of non-ortho nitro benzene ring substituents is 1. The minimum absolute atomic E-state index is 0.0352. The maximum atomic E-state index is 10.8. The van der Waals surface area contributed by atoms with Gasteiger partial charge in [0.2, 0.25) is 11.8 Å². The summed E-state index contributed by atoms with van der Waals surface area (Å²) in [4.78, 5) is 14.3. The first-order chi connectivity index (χ1) is 10.6. The van der Waals surface area contributed by atoms with Crippen molar-refractivity contribution >= 4 is 18.3 Å². The van der Waals surface area contributed by atoms with Crippen molar-refractivity contribution in [2.75, 3.05) is 0 Å². The molecule has 1 aromatic carbocycles. The summed E-state index contributed by atoms with van der Waals surface area (Å²) in [6.07, 6.45) is 3.32. The van der Waals surface area contributed by atoms with Gasteiger partial charge in [0.25, 0.3) is 5.69 Å². The van der Waals surface area contributed by atoms with E-state index in [2.05, 4.69) is 27.8 Å². The van der Waals surface area contributed by atoms with Crippen molar-refractivity contribution in [3.05, 3.63) is 70.4 Å². The van der Waals surface area contributed by atoms with Crippen molar-refractivity contribution in [2.45, 2.75) is 5.25 Å². The molecule has 0 saturated heterocycles. The standard InChI is InChI=1S/C14H10N4O3S/c19-18(20)11-5-1-3-9(7-11)13-16-17-14(21-13)12(22)10-4-2-6-15-8-10/h1-8,12,22H. The smallest absolute Gasteiger partial charge is 0.270 e. The lowest BCUT2D eigenvalue weighted by molar-refractivity contribution is -0.384. The van der Waals surface area contributed by atoms with E-state index in [1.54, 1.807) is 30.6 Å². The number of hydrogen-bond donors (Lipinski definition) is 1. The summed E-state index contributed by atoms with van der Waals surface area (Å²) in [5.74, 6) is 0.513. The minimum Gasteiger partial charge on any atom is -0.419 e. The van der Waals surface area contributed by atoms with Gasteiger partial charge < -0.3 is 4.42 Å². The van der Waals surface area contributed by atoms with Crippen molar-refractivity contribution in [3.63, 3.8) is 0 Å². The number of nitro benzene ring substituents is 1. The first kappa shape index (κ1) is 14.2. The van der Waals surface area contributed by atoms with Gasteiger partial charge in [0.15, 0.2) is 0 Å². The fourth-order valence-electron chi connectivity index (χ4n) is 1.89. The van der Waals surface area contributed by atoms with Crippen LogP contribution in [0.1, 0.15) is 16.7 Å². The molecular formula is C14H10N4O3S. The Hall–Kier alpha value is -2.74. The molecule has 0 amide bonds. The third kappa shape index (κ3) is 2.82. The van der Waals surface area contributed by atoms with Gasteiger partial charge in [0.05, 0.1) is 4.92 Å². The van der Waals surface area contributed by atoms with E-state index in [0.717, 1.165) is 5.56 Å². The van der Waals surface area contributed by atoms with Crippen molar-refractivity contribution in [3.8, 4) is 11.5 Å². The number of pyridine rings is 1. The summed E-state index contributed by atoms with van der Waals surface area (Å²) in [5, 5.41) is 18.3. The Balaban J connectivity index is 1.91. The zero-order valence-electron chi connectivity index (χ0n) is 11.2. The number of hydrogen-bond acceptors (Lipinski definition) is 7. The summed E-state index contributed by atoms with van der Waals surface area (Å²) in [5.41, 5.74) is 1.27. The van der Waals surface area contributed by atoms with Gasteiger partial charge in [-0.2, -0.15) is 12.6 Å². The highest BCUT2D eigenvalue weighted by atomic mass is 32.1. The van der Waals surface area contributed by atoms with E-state index in [1.165, 1.54) is 12.1 Å². The maximum Gasteiger partial charge on any atom is 0.270 e. The molecule has 0 radical (unpaired) electrons. The van der Waals surface area contributed by atoms with Gasteiger partial charge in [-0.15, -0.1) is 10.2 Å². The van der Waals surface area contributed by atoms with Crippen LogP contribution >= 0.6 is 12.6 Å². The van der Waals surface area contributed by atoms with Crippen LogP contribution in [0.5, 0.6) is 0 Å². The van der Waals surface area contributed by atoms with Crippen LogP contribution in [0.15, 0.2) is 53.2 Å². The molecule has 3 rings (SSSR count). The number of rotatable bonds is 4. The molecule has 0 N–H and O–H groups in total. The quantitative estimate of drug-likeness (QED) is 0.452. The lowest BCUT2D eigenvalue weighted by Gasteiger charge is -2.04. The molecule has 0 fully saturated rings. The second-order valence-electron chi connectivity index (χ2n) is 4.44. The minimum atomic E-state index is -0.474. The largest absolute Gasteiger partial charge is 0.419 e. The Bertz CT molecular complexity index is 807. The lowest BCUT2D eigenvalue weighted by atomic mass is 10.2. The van der Waals surface area contributed by atoms with Gasteiger partial charge in [0.1, 0.15) is 5.25 Å². The molecule has 0 bridgehead atoms. The predicted octanol–water partition coefficient (Wildman–Crippen LogP) is 3.06. The fraction of sp³-hybridized carbons (Fsp3) is 0.0714. The molecular weight excluding hydrogens is 304 g/mol. The number of nitro groups is 1. The van der Waals surface area contributed by atoms with E-state index in [0.29, 0.717) is 11.5 Å². The highest BCUT2D eigenvalue weighted by Crippen LogP contribution is 2.29. The van der Waals surface area contributed by atoms with Crippen LogP contribution in [-0.4, -0.2) is 20.1 Å². The predicted molar refractivity (Wildman–Crippen MR) is 81.5 cm³/mol. The molecule has 0 aliphatic carbocycles. The number of thiol groups is 1. The molecule has 0 spiro atoms. The van der Waals surface area contributed by atoms with Crippen LogP contribution in [0.4, 0.5) is 5.69 Å². The molecule has 3 aromatic rings. The summed E-state index contributed by atoms with van der Waals surface area (Å²) < 4.78 is 5.57. The van der Waals surface area contributed by atoms with E-state index in [9.17, 15) is 10.1 Å². The number of aromatic nitrogens is 3. The van der Waals surface area contributed by atoms with E-state index in [1.807, 2.05) is 6.07 Å². The Kier molecular flexibility index (Phi) is 3.84. The second kappa shape index (κ2) is 5.94. The van der Waals surface area contributed by atoms with Crippen LogP contribution in [0.2, 0.25) is 0 Å². The van der Waals surface area contributed by atoms with Crippen LogP contribution in [0, 0.1) is 10.1 Å². The summed E-state index contributed by atoms with van der Waals surface area (Å²) in [6.45, 7) is 0. The van der Waals surface area contributed by atoms with E-state index < -0.39 is 10.2 Å². The molecule has 1 atom stereocenters. The van der Waals surface area contributed by atoms with Crippen molar-refractivity contribution in [1.82, 2.24) is 15.2 Å². The van der Waals surface area contributed by atoms with Crippen LogP contribution < -0.4 is 0 Å². The molecule has 22 heavy (non-hydrogen) atoms. The van der Waals surface area contributed by atoms with Gasteiger partial charge in [-0.25, -0.2) is 0 Å². The van der Waals surface area contributed by atoms with E-state index in [-0.39, 0.29) is 11.6 Å². The summed E-state index contributed by atoms with van der Waals surface area (Å²) in [6, 6.07) is 9.66. The Morgan fingerprint density at radius 2 is 2.09 bits per heavy atom. The monoisotopic (exact) mass is 314 g/mol. The molecule has 110 valence electrons. The summed E-state index contributed by atoms with van der Waals surface area (Å²) >= 11 is 4.44. The topological polar surface area (TPSA) is 95.0 Å². The van der Waals surface area contributed by atoms with Gasteiger partial charge >= 0.3 is 0 Å². The lowest BCUT2D eigenvalue weighted by Crippen LogP contribution is -1.94. The highest BCUT2D eigenvalue weighted by Gasteiger charge is 2.18. The summed E-state index contributed by atoms with van der Waals surface area (Å²) in [7, 11) is 0. The van der Waals surface area contributed by atoms with Gasteiger partial charge in [-0.1, -0.05) is 12.1 Å². The zero-order valence-corrected chi connectivity index (χ0v) is 12.1.